The van der Waals surface area contributed by atoms with E-state index in [1.807, 2.05) is 31.2 Å². The number of nitrogens with zero attached hydrogens (tertiary/aromatic N) is 2. The van der Waals surface area contributed by atoms with E-state index in [4.69, 9.17) is 16.7 Å². The number of rotatable bonds is 6. The van der Waals surface area contributed by atoms with Crippen LogP contribution in [0.4, 0.5) is 20.7 Å². The van der Waals surface area contributed by atoms with Crippen molar-refractivity contribution < 1.29 is 14.3 Å². The van der Waals surface area contributed by atoms with Crippen molar-refractivity contribution in [3.63, 3.8) is 0 Å². The molecule has 3 rings (SSSR count). The van der Waals surface area contributed by atoms with Crippen LogP contribution in [-0.2, 0) is 0 Å². The molecular formula is C21H22ClFN4O2. The van der Waals surface area contributed by atoms with Gasteiger partial charge in [-0.3, -0.25) is 0 Å². The van der Waals surface area contributed by atoms with Crippen molar-refractivity contribution in [2.24, 2.45) is 0 Å². The summed E-state index contributed by atoms with van der Waals surface area (Å²) in [5.74, 6) is 0.137. The summed E-state index contributed by atoms with van der Waals surface area (Å²) < 4.78 is 13.3. The van der Waals surface area contributed by atoms with E-state index in [0.29, 0.717) is 18.1 Å². The Morgan fingerprint density at radius 3 is 2.69 bits per heavy atom. The second-order valence-corrected chi connectivity index (χ2v) is 7.01. The molecule has 0 saturated heterocycles. The first-order valence-corrected chi connectivity index (χ1v) is 9.51. The third-order valence-corrected chi connectivity index (χ3v) is 5.04. The molecule has 3 N–H and O–H groups in total. The van der Waals surface area contributed by atoms with Crippen LogP contribution in [-0.4, -0.2) is 41.2 Å². The van der Waals surface area contributed by atoms with Crippen LogP contribution >= 0.6 is 11.6 Å². The molecule has 1 atom stereocenters. The van der Waals surface area contributed by atoms with Gasteiger partial charge in [0.15, 0.2) is 0 Å². The number of benzene rings is 2. The molecule has 6 nitrogen and oxygen atoms in total. The SMILES string of the molecule is CC(c1cnc(NCCO)c2ccccc12)N(C)C(=O)Nc1ccc(F)c(Cl)c1. The van der Waals surface area contributed by atoms with Crippen molar-refractivity contribution in [2.45, 2.75) is 13.0 Å². The molecule has 2 amide bonds. The lowest BCUT2D eigenvalue weighted by molar-refractivity contribution is 0.208. The fourth-order valence-corrected chi connectivity index (χ4v) is 3.21. The molecule has 0 aliphatic heterocycles. The number of aromatic nitrogens is 1. The molecule has 0 aliphatic rings. The average molecular weight is 417 g/mol. The van der Waals surface area contributed by atoms with Crippen LogP contribution in [0.2, 0.25) is 5.02 Å². The van der Waals surface area contributed by atoms with Gasteiger partial charge >= 0.3 is 6.03 Å². The molecule has 0 aliphatic carbocycles. The van der Waals surface area contributed by atoms with Gasteiger partial charge in [-0.15, -0.1) is 0 Å². The second-order valence-electron chi connectivity index (χ2n) is 6.60. The molecule has 3 aromatic rings. The van der Waals surface area contributed by atoms with Crippen molar-refractivity contribution in [3.8, 4) is 0 Å². The number of carbonyl (C=O) groups excluding carboxylic acids is 1. The zero-order valence-electron chi connectivity index (χ0n) is 16.1. The number of halogens is 2. The molecule has 8 heteroatoms. The number of urea groups is 1. The number of carbonyl (C=O) groups is 1. The van der Waals surface area contributed by atoms with E-state index in [2.05, 4.69) is 15.6 Å². The maximum absolute atomic E-state index is 13.3. The highest BCUT2D eigenvalue weighted by atomic mass is 35.5. The normalized spacial score (nSPS) is 11.9. The van der Waals surface area contributed by atoms with Crippen LogP contribution < -0.4 is 10.6 Å². The van der Waals surface area contributed by atoms with Crippen molar-refractivity contribution in [2.75, 3.05) is 30.8 Å². The summed E-state index contributed by atoms with van der Waals surface area (Å²) in [6.45, 7) is 2.31. The van der Waals surface area contributed by atoms with E-state index in [1.54, 1.807) is 18.1 Å². The van der Waals surface area contributed by atoms with Crippen molar-refractivity contribution in [3.05, 3.63) is 65.1 Å². The van der Waals surface area contributed by atoms with Crippen LogP contribution in [0.25, 0.3) is 10.8 Å². The van der Waals surface area contributed by atoms with Gasteiger partial charge in [0.1, 0.15) is 11.6 Å². The molecule has 1 unspecified atom stereocenters. The quantitative estimate of drug-likeness (QED) is 0.546. The summed E-state index contributed by atoms with van der Waals surface area (Å²) in [7, 11) is 1.68. The molecule has 0 spiro atoms. The lowest BCUT2D eigenvalue weighted by Crippen LogP contribution is -2.33. The molecule has 1 heterocycles. The standard InChI is InChI=1S/C21H22ClFN4O2/c1-13(27(2)21(29)26-14-7-8-19(23)18(22)11-14)17-12-25-20(24-9-10-28)16-6-4-3-5-15(16)17/h3-8,11-13,28H,9-10H2,1-2H3,(H,24,25)(H,26,29). The minimum absolute atomic E-state index is 0.00444. The molecular weight excluding hydrogens is 395 g/mol. The largest absolute Gasteiger partial charge is 0.395 e. The Kier molecular flexibility index (Phi) is 6.51. The molecule has 0 saturated carbocycles. The molecule has 2 aromatic carbocycles. The van der Waals surface area contributed by atoms with E-state index in [0.717, 1.165) is 16.3 Å². The van der Waals surface area contributed by atoms with Gasteiger partial charge in [0.25, 0.3) is 0 Å². The summed E-state index contributed by atoms with van der Waals surface area (Å²) in [5.41, 5.74) is 1.29. The van der Waals surface area contributed by atoms with Crippen molar-refractivity contribution in [1.29, 1.82) is 0 Å². The number of amides is 2. The van der Waals surface area contributed by atoms with Gasteiger partial charge in [-0.2, -0.15) is 0 Å². The van der Waals surface area contributed by atoms with E-state index in [-0.39, 0.29) is 23.7 Å². The number of aliphatic hydroxyl groups is 1. The lowest BCUT2D eigenvalue weighted by Gasteiger charge is -2.27. The fourth-order valence-electron chi connectivity index (χ4n) is 3.03. The number of nitrogens with one attached hydrogen (secondary N) is 2. The molecule has 0 bridgehead atoms. The Bertz CT molecular complexity index is 1030. The second kappa shape index (κ2) is 9.07. The van der Waals surface area contributed by atoms with Crippen molar-refractivity contribution in [1.82, 2.24) is 9.88 Å². The van der Waals surface area contributed by atoms with E-state index in [9.17, 15) is 9.18 Å². The van der Waals surface area contributed by atoms with Gasteiger partial charge in [0.05, 0.1) is 17.7 Å². The van der Waals surface area contributed by atoms with Crippen LogP contribution in [0, 0.1) is 5.82 Å². The predicted octanol–water partition coefficient (Wildman–Crippen LogP) is 4.66. The monoisotopic (exact) mass is 416 g/mol. The van der Waals surface area contributed by atoms with E-state index >= 15 is 0 Å². The Morgan fingerprint density at radius 1 is 1.28 bits per heavy atom. The zero-order valence-corrected chi connectivity index (χ0v) is 16.9. The van der Waals surface area contributed by atoms with Gasteiger partial charge in [0.2, 0.25) is 0 Å². The van der Waals surface area contributed by atoms with Crippen LogP contribution in [0.5, 0.6) is 0 Å². The summed E-state index contributed by atoms with van der Waals surface area (Å²) in [5, 5.41) is 16.7. The Balaban J connectivity index is 1.85. The smallest absolute Gasteiger partial charge is 0.322 e. The first-order valence-electron chi connectivity index (χ1n) is 9.13. The minimum atomic E-state index is -0.543. The van der Waals surface area contributed by atoms with Gasteiger partial charge in [-0.1, -0.05) is 35.9 Å². The number of hydrogen-bond donors (Lipinski definition) is 3. The Morgan fingerprint density at radius 2 is 2.00 bits per heavy atom. The summed E-state index contributed by atoms with van der Waals surface area (Å²) in [6, 6.07) is 11.1. The third-order valence-electron chi connectivity index (χ3n) is 4.75. The first kappa shape index (κ1) is 20.8. The average Bonchev–Trinajstić information content (AvgIpc) is 2.73. The highest BCUT2D eigenvalue weighted by molar-refractivity contribution is 6.31. The highest BCUT2D eigenvalue weighted by Crippen LogP contribution is 2.31. The minimum Gasteiger partial charge on any atom is -0.395 e. The van der Waals surface area contributed by atoms with Gasteiger partial charge in [0, 0.05) is 36.4 Å². The Hall–Kier alpha value is -2.90. The molecule has 152 valence electrons. The van der Waals surface area contributed by atoms with Gasteiger partial charge < -0.3 is 20.6 Å². The fraction of sp³-hybridized carbons (Fsp3) is 0.238. The molecule has 0 radical (unpaired) electrons. The van der Waals surface area contributed by atoms with Crippen LogP contribution in [0.1, 0.15) is 18.5 Å². The highest BCUT2D eigenvalue weighted by Gasteiger charge is 2.21. The molecule has 0 fully saturated rings. The number of aliphatic hydroxyl groups excluding tert-OH is 1. The summed E-state index contributed by atoms with van der Waals surface area (Å²) in [4.78, 5) is 18.7. The topological polar surface area (TPSA) is 77.5 Å². The van der Waals surface area contributed by atoms with Crippen LogP contribution in [0.3, 0.4) is 0 Å². The first-order chi connectivity index (χ1) is 13.9. The number of hydrogen-bond acceptors (Lipinski definition) is 4. The van der Waals surface area contributed by atoms with E-state index in [1.165, 1.54) is 18.2 Å². The Labute approximate surface area is 173 Å². The summed E-state index contributed by atoms with van der Waals surface area (Å²) in [6.07, 6.45) is 1.73. The third kappa shape index (κ3) is 4.58. The maximum Gasteiger partial charge on any atom is 0.322 e. The van der Waals surface area contributed by atoms with Crippen molar-refractivity contribution >= 4 is 39.9 Å². The van der Waals surface area contributed by atoms with Gasteiger partial charge in [-0.05, 0) is 30.5 Å². The maximum atomic E-state index is 13.3. The number of pyridine rings is 1. The molecule has 29 heavy (non-hydrogen) atoms. The molecule has 1 aromatic heterocycles. The van der Waals surface area contributed by atoms with Crippen LogP contribution in [0.15, 0.2) is 48.7 Å². The lowest BCUT2D eigenvalue weighted by atomic mass is 10.0. The number of fused-ring (bicyclic) bond motifs is 1. The zero-order chi connectivity index (χ0) is 21.0. The van der Waals surface area contributed by atoms with E-state index < -0.39 is 5.82 Å². The van der Waals surface area contributed by atoms with Gasteiger partial charge in [-0.25, -0.2) is 14.2 Å². The number of anilines is 2. The summed E-state index contributed by atoms with van der Waals surface area (Å²) >= 11 is 5.78. The predicted molar refractivity (Wildman–Crippen MR) is 114 cm³/mol.